The lowest BCUT2D eigenvalue weighted by molar-refractivity contribution is -0.0538. The van der Waals surface area contributed by atoms with Crippen LogP contribution in [0.5, 0.6) is 0 Å². The van der Waals surface area contributed by atoms with Crippen molar-refractivity contribution in [2.45, 2.75) is 44.8 Å². The van der Waals surface area contributed by atoms with E-state index in [2.05, 4.69) is 24.1 Å². The molecule has 0 radical (unpaired) electrons. The molecule has 0 amide bonds. The van der Waals surface area contributed by atoms with Crippen LogP contribution in [0.25, 0.3) is 0 Å². The first-order valence-electron chi connectivity index (χ1n) is 6.64. The van der Waals surface area contributed by atoms with Crippen molar-refractivity contribution in [3.05, 3.63) is 0 Å². The molecule has 3 unspecified atom stereocenters. The van der Waals surface area contributed by atoms with Gasteiger partial charge in [-0.05, 0) is 52.1 Å². The van der Waals surface area contributed by atoms with Crippen molar-refractivity contribution in [1.82, 2.24) is 10.2 Å². The molecular weight excluding hydrogens is 200 g/mol. The molecule has 2 fully saturated rings. The van der Waals surface area contributed by atoms with Crippen LogP contribution < -0.4 is 5.32 Å². The molecule has 0 spiro atoms. The van der Waals surface area contributed by atoms with Gasteiger partial charge < -0.3 is 15.0 Å². The van der Waals surface area contributed by atoms with E-state index >= 15 is 0 Å². The quantitative estimate of drug-likeness (QED) is 0.789. The average molecular weight is 226 g/mol. The third kappa shape index (κ3) is 2.76. The highest BCUT2D eigenvalue weighted by molar-refractivity contribution is 4.88. The molecule has 16 heavy (non-hydrogen) atoms. The third-order valence-corrected chi connectivity index (χ3v) is 4.41. The minimum Gasteiger partial charge on any atom is -0.377 e. The SMILES string of the molecule is COC1(C)CCCN(CC2CCNC2C)C1. The Labute approximate surface area is 99.5 Å². The first kappa shape index (κ1) is 12.3. The Balaban J connectivity index is 1.85. The van der Waals surface area contributed by atoms with Crippen LogP contribution >= 0.6 is 0 Å². The molecule has 0 aromatic carbocycles. The molecule has 2 heterocycles. The number of piperidine rings is 1. The zero-order valence-corrected chi connectivity index (χ0v) is 11.0. The van der Waals surface area contributed by atoms with Crippen molar-refractivity contribution in [3.8, 4) is 0 Å². The Morgan fingerprint density at radius 2 is 2.31 bits per heavy atom. The molecule has 94 valence electrons. The van der Waals surface area contributed by atoms with E-state index in [0.29, 0.717) is 6.04 Å². The standard InChI is InChI=1S/C13H26N2O/c1-11-12(5-7-14-11)9-15-8-4-6-13(2,10-15)16-3/h11-12,14H,4-10H2,1-3H3. The Bertz CT molecular complexity index is 234. The lowest BCUT2D eigenvalue weighted by Crippen LogP contribution is -2.49. The fourth-order valence-corrected chi connectivity index (χ4v) is 3.12. The van der Waals surface area contributed by atoms with Crippen molar-refractivity contribution in [2.75, 3.05) is 33.3 Å². The molecule has 3 nitrogen and oxygen atoms in total. The number of ether oxygens (including phenoxy) is 1. The van der Waals surface area contributed by atoms with E-state index in [1.165, 1.54) is 38.9 Å². The summed E-state index contributed by atoms with van der Waals surface area (Å²) in [5, 5.41) is 3.54. The monoisotopic (exact) mass is 226 g/mol. The summed E-state index contributed by atoms with van der Waals surface area (Å²) in [5.41, 5.74) is 0.0908. The fourth-order valence-electron chi connectivity index (χ4n) is 3.12. The topological polar surface area (TPSA) is 24.5 Å². The molecule has 0 aromatic rings. The normalized spacial score (nSPS) is 41.4. The van der Waals surface area contributed by atoms with E-state index in [4.69, 9.17) is 4.74 Å². The van der Waals surface area contributed by atoms with Gasteiger partial charge in [0, 0.05) is 26.2 Å². The zero-order valence-electron chi connectivity index (χ0n) is 11.0. The molecule has 0 saturated carbocycles. The number of hydrogen-bond acceptors (Lipinski definition) is 3. The molecule has 2 aliphatic rings. The molecule has 1 N–H and O–H groups in total. The van der Waals surface area contributed by atoms with Gasteiger partial charge in [-0.15, -0.1) is 0 Å². The Hall–Kier alpha value is -0.120. The molecule has 0 aromatic heterocycles. The van der Waals surface area contributed by atoms with Crippen LogP contribution in [0, 0.1) is 5.92 Å². The molecule has 2 saturated heterocycles. The number of rotatable bonds is 3. The van der Waals surface area contributed by atoms with Gasteiger partial charge in [-0.1, -0.05) is 0 Å². The first-order valence-corrected chi connectivity index (χ1v) is 6.64. The predicted molar refractivity (Wildman–Crippen MR) is 66.7 cm³/mol. The van der Waals surface area contributed by atoms with Gasteiger partial charge in [0.2, 0.25) is 0 Å². The van der Waals surface area contributed by atoms with Crippen LogP contribution in [0.2, 0.25) is 0 Å². The summed E-state index contributed by atoms with van der Waals surface area (Å²) < 4.78 is 5.64. The molecule has 3 heteroatoms. The van der Waals surface area contributed by atoms with Gasteiger partial charge in [-0.3, -0.25) is 0 Å². The predicted octanol–water partition coefficient (Wildman–Crippen LogP) is 1.49. The second-order valence-corrected chi connectivity index (χ2v) is 5.78. The van der Waals surface area contributed by atoms with E-state index in [1.807, 2.05) is 7.11 Å². The maximum absolute atomic E-state index is 5.64. The second kappa shape index (κ2) is 5.03. The first-order chi connectivity index (χ1) is 7.63. The van der Waals surface area contributed by atoms with Gasteiger partial charge in [0.25, 0.3) is 0 Å². The number of methoxy groups -OCH3 is 1. The van der Waals surface area contributed by atoms with E-state index < -0.39 is 0 Å². The van der Waals surface area contributed by atoms with Crippen LogP contribution in [0.1, 0.15) is 33.1 Å². The van der Waals surface area contributed by atoms with Crippen molar-refractivity contribution in [2.24, 2.45) is 5.92 Å². The van der Waals surface area contributed by atoms with Crippen molar-refractivity contribution in [1.29, 1.82) is 0 Å². The summed E-state index contributed by atoms with van der Waals surface area (Å²) in [7, 11) is 1.85. The minimum absolute atomic E-state index is 0.0908. The van der Waals surface area contributed by atoms with Gasteiger partial charge >= 0.3 is 0 Å². The summed E-state index contributed by atoms with van der Waals surface area (Å²) in [5.74, 6) is 0.833. The van der Waals surface area contributed by atoms with Gasteiger partial charge in [0.15, 0.2) is 0 Å². The van der Waals surface area contributed by atoms with Gasteiger partial charge in [-0.25, -0.2) is 0 Å². The lowest BCUT2D eigenvalue weighted by Gasteiger charge is -2.40. The van der Waals surface area contributed by atoms with E-state index in [0.717, 1.165) is 12.5 Å². The van der Waals surface area contributed by atoms with Crippen LogP contribution in [0.4, 0.5) is 0 Å². The molecule has 0 bridgehead atoms. The number of nitrogens with one attached hydrogen (secondary N) is 1. The minimum atomic E-state index is 0.0908. The lowest BCUT2D eigenvalue weighted by atomic mass is 9.93. The van der Waals surface area contributed by atoms with Crippen molar-refractivity contribution in [3.63, 3.8) is 0 Å². The molecule has 2 aliphatic heterocycles. The highest BCUT2D eigenvalue weighted by Crippen LogP contribution is 2.26. The van der Waals surface area contributed by atoms with Crippen molar-refractivity contribution < 1.29 is 4.74 Å². The third-order valence-electron chi connectivity index (χ3n) is 4.41. The largest absolute Gasteiger partial charge is 0.377 e. The second-order valence-electron chi connectivity index (χ2n) is 5.78. The Morgan fingerprint density at radius 1 is 1.50 bits per heavy atom. The number of hydrogen-bond donors (Lipinski definition) is 1. The van der Waals surface area contributed by atoms with Crippen LogP contribution in [-0.2, 0) is 4.74 Å². The molecule has 2 rings (SSSR count). The smallest absolute Gasteiger partial charge is 0.0777 e. The van der Waals surface area contributed by atoms with Gasteiger partial charge in [0.1, 0.15) is 0 Å². The summed E-state index contributed by atoms with van der Waals surface area (Å²) in [4.78, 5) is 2.60. The number of likely N-dealkylation sites (tertiary alicyclic amines) is 1. The highest BCUT2D eigenvalue weighted by Gasteiger charge is 2.33. The fraction of sp³-hybridized carbons (Fsp3) is 1.00. The summed E-state index contributed by atoms with van der Waals surface area (Å²) >= 11 is 0. The summed E-state index contributed by atoms with van der Waals surface area (Å²) in [6.07, 6.45) is 3.82. The Morgan fingerprint density at radius 3 is 2.94 bits per heavy atom. The van der Waals surface area contributed by atoms with E-state index in [-0.39, 0.29) is 5.60 Å². The van der Waals surface area contributed by atoms with Crippen LogP contribution in [0.3, 0.4) is 0 Å². The molecular formula is C13H26N2O. The highest BCUT2D eigenvalue weighted by atomic mass is 16.5. The van der Waals surface area contributed by atoms with E-state index in [9.17, 15) is 0 Å². The summed E-state index contributed by atoms with van der Waals surface area (Å²) in [6, 6.07) is 0.690. The maximum Gasteiger partial charge on any atom is 0.0777 e. The van der Waals surface area contributed by atoms with Gasteiger partial charge in [0.05, 0.1) is 5.60 Å². The Kier molecular flexibility index (Phi) is 3.88. The van der Waals surface area contributed by atoms with Crippen molar-refractivity contribution >= 4 is 0 Å². The maximum atomic E-state index is 5.64. The zero-order chi connectivity index (χ0) is 11.6. The molecule has 0 aliphatic carbocycles. The van der Waals surface area contributed by atoms with Gasteiger partial charge in [-0.2, -0.15) is 0 Å². The van der Waals surface area contributed by atoms with Crippen LogP contribution in [-0.4, -0.2) is 49.8 Å². The van der Waals surface area contributed by atoms with Crippen LogP contribution in [0.15, 0.2) is 0 Å². The number of nitrogens with zero attached hydrogens (tertiary/aromatic N) is 1. The van der Waals surface area contributed by atoms with E-state index in [1.54, 1.807) is 0 Å². The molecule has 3 atom stereocenters. The summed E-state index contributed by atoms with van der Waals surface area (Å²) in [6.45, 7) is 9.36. The average Bonchev–Trinajstić information content (AvgIpc) is 2.65.